The summed E-state index contributed by atoms with van der Waals surface area (Å²) in [5, 5.41) is 13.7. The highest BCUT2D eigenvalue weighted by atomic mass is 32.2. The van der Waals surface area contributed by atoms with E-state index in [1.54, 1.807) is 13.0 Å². The molecule has 1 heterocycles. The first-order chi connectivity index (χ1) is 16.2. The third-order valence-electron chi connectivity index (χ3n) is 6.64. The van der Waals surface area contributed by atoms with Gasteiger partial charge in [-0.3, -0.25) is 14.9 Å². The Labute approximate surface area is 200 Å². The molecule has 2 aromatic carbocycles. The van der Waals surface area contributed by atoms with E-state index in [1.165, 1.54) is 28.1 Å². The zero-order chi connectivity index (χ0) is 24.3. The molecule has 1 N–H and O–H groups in total. The van der Waals surface area contributed by atoms with E-state index in [1.807, 2.05) is 12.1 Å². The molecular formula is C24H30N4O5S. The number of carbonyl (C=O) groups is 1. The summed E-state index contributed by atoms with van der Waals surface area (Å²) in [7, 11) is -3.53. The molecule has 2 aromatic rings. The molecule has 182 valence electrons. The standard InChI is InChI=1S/C24H30N4O5S/c1-18-16-21(28(30)31)7-9-23(18)25-24(29)10-11-26-12-14-27(15-13-26)34(32,33)22-8-6-19-4-2-3-5-20(19)17-22/h6-9,16-17H,2-5,10-15H2,1H3,(H,25,29). The Balaban J connectivity index is 1.28. The van der Waals surface area contributed by atoms with Gasteiger partial charge in [0.05, 0.1) is 9.82 Å². The fourth-order valence-corrected chi connectivity index (χ4v) is 6.06. The lowest BCUT2D eigenvalue weighted by atomic mass is 9.92. The van der Waals surface area contributed by atoms with Gasteiger partial charge in [0.15, 0.2) is 0 Å². The van der Waals surface area contributed by atoms with Crippen LogP contribution in [0.5, 0.6) is 0 Å². The number of carbonyl (C=O) groups excluding carboxylic acids is 1. The van der Waals surface area contributed by atoms with E-state index in [-0.39, 0.29) is 18.0 Å². The second kappa shape index (κ2) is 10.2. The number of benzene rings is 2. The molecular weight excluding hydrogens is 456 g/mol. The summed E-state index contributed by atoms with van der Waals surface area (Å²) in [5.41, 5.74) is 3.58. The van der Waals surface area contributed by atoms with Gasteiger partial charge in [-0.25, -0.2) is 8.42 Å². The molecule has 1 aliphatic carbocycles. The van der Waals surface area contributed by atoms with Crippen LogP contribution in [0.3, 0.4) is 0 Å². The maximum atomic E-state index is 13.1. The van der Waals surface area contributed by atoms with Crippen molar-refractivity contribution in [3.8, 4) is 0 Å². The maximum absolute atomic E-state index is 13.1. The second-order valence-corrected chi connectivity index (χ2v) is 10.9. The van der Waals surface area contributed by atoms with Gasteiger partial charge in [0, 0.05) is 57.0 Å². The Hall–Kier alpha value is -2.82. The molecule has 0 radical (unpaired) electrons. The van der Waals surface area contributed by atoms with Gasteiger partial charge in [-0.15, -0.1) is 0 Å². The maximum Gasteiger partial charge on any atom is 0.269 e. The Morgan fingerprint density at radius 2 is 1.74 bits per heavy atom. The number of amides is 1. The normalized spacial score (nSPS) is 17.2. The summed E-state index contributed by atoms with van der Waals surface area (Å²) >= 11 is 0. The fourth-order valence-electron chi connectivity index (χ4n) is 4.59. The van der Waals surface area contributed by atoms with E-state index < -0.39 is 14.9 Å². The first-order valence-electron chi connectivity index (χ1n) is 11.6. The van der Waals surface area contributed by atoms with Crippen LogP contribution in [0.15, 0.2) is 41.3 Å². The fraction of sp³-hybridized carbons (Fsp3) is 0.458. The van der Waals surface area contributed by atoms with E-state index in [9.17, 15) is 23.3 Å². The van der Waals surface area contributed by atoms with Crippen LogP contribution in [-0.2, 0) is 27.7 Å². The summed E-state index contributed by atoms with van der Waals surface area (Å²) in [4.78, 5) is 25.2. The molecule has 1 fully saturated rings. The monoisotopic (exact) mass is 486 g/mol. The Kier molecular flexibility index (Phi) is 7.30. The molecule has 2 aliphatic rings. The van der Waals surface area contributed by atoms with Crippen LogP contribution in [0.1, 0.15) is 36.0 Å². The lowest BCUT2D eigenvalue weighted by Gasteiger charge is -2.34. The average molecular weight is 487 g/mol. The topological polar surface area (TPSA) is 113 Å². The second-order valence-electron chi connectivity index (χ2n) is 8.94. The molecule has 1 saturated heterocycles. The van der Waals surface area contributed by atoms with Gasteiger partial charge in [-0.2, -0.15) is 4.31 Å². The molecule has 1 amide bonds. The van der Waals surface area contributed by atoms with E-state index in [0.29, 0.717) is 48.9 Å². The molecule has 0 saturated carbocycles. The van der Waals surface area contributed by atoms with Crippen molar-refractivity contribution in [2.75, 3.05) is 38.0 Å². The molecule has 0 unspecified atom stereocenters. The minimum atomic E-state index is -3.53. The molecule has 1 aliphatic heterocycles. The third kappa shape index (κ3) is 5.45. The Morgan fingerprint density at radius 1 is 1.03 bits per heavy atom. The zero-order valence-electron chi connectivity index (χ0n) is 19.3. The predicted octanol–water partition coefficient (Wildman–Crippen LogP) is 3.12. The summed E-state index contributed by atoms with van der Waals surface area (Å²) in [5.74, 6) is -0.180. The Morgan fingerprint density at radius 3 is 2.41 bits per heavy atom. The van der Waals surface area contributed by atoms with Crippen LogP contribution in [0.2, 0.25) is 0 Å². The number of piperazine rings is 1. The van der Waals surface area contributed by atoms with Crippen LogP contribution >= 0.6 is 0 Å². The Bertz CT molecular complexity index is 1190. The highest BCUT2D eigenvalue weighted by Gasteiger charge is 2.29. The van der Waals surface area contributed by atoms with Crippen LogP contribution in [-0.4, -0.2) is 61.2 Å². The number of nitrogens with zero attached hydrogens (tertiary/aromatic N) is 3. The number of aryl methyl sites for hydroxylation is 3. The zero-order valence-corrected chi connectivity index (χ0v) is 20.1. The lowest BCUT2D eigenvalue weighted by Crippen LogP contribution is -2.49. The third-order valence-corrected chi connectivity index (χ3v) is 8.53. The van der Waals surface area contributed by atoms with Crippen LogP contribution in [0.4, 0.5) is 11.4 Å². The van der Waals surface area contributed by atoms with Crippen molar-refractivity contribution in [2.24, 2.45) is 0 Å². The first kappa shape index (κ1) is 24.3. The molecule has 0 spiro atoms. The summed E-state index contributed by atoms with van der Waals surface area (Å²) in [6, 6.07) is 9.87. The SMILES string of the molecule is Cc1cc([N+](=O)[O-])ccc1NC(=O)CCN1CCN(S(=O)(=O)c2ccc3c(c2)CCCC3)CC1. The number of rotatable bonds is 7. The summed E-state index contributed by atoms with van der Waals surface area (Å²) < 4.78 is 27.8. The molecule has 9 nitrogen and oxygen atoms in total. The smallest absolute Gasteiger partial charge is 0.269 e. The molecule has 0 bridgehead atoms. The van der Waals surface area contributed by atoms with E-state index in [2.05, 4.69) is 10.2 Å². The van der Waals surface area contributed by atoms with Gasteiger partial charge < -0.3 is 10.2 Å². The van der Waals surface area contributed by atoms with Gasteiger partial charge in [0.25, 0.3) is 5.69 Å². The van der Waals surface area contributed by atoms with Crippen LogP contribution < -0.4 is 5.32 Å². The van der Waals surface area contributed by atoms with Crippen molar-refractivity contribution in [2.45, 2.75) is 43.9 Å². The van der Waals surface area contributed by atoms with Crippen molar-refractivity contribution in [3.63, 3.8) is 0 Å². The van der Waals surface area contributed by atoms with Crippen molar-refractivity contribution in [1.29, 1.82) is 0 Å². The number of anilines is 1. The number of fused-ring (bicyclic) bond motifs is 1. The number of nitro benzene ring substituents is 1. The number of nitrogens with one attached hydrogen (secondary N) is 1. The van der Waals surface area contributed by atoms with E-state index >= 15 is 0 Å². The predicted molar refractivity (Wildman–Crippen MR) is 129 cm³/mol. The molecule has 0 aromatic heterocycles. The highest BCUT2D eigenvalue weighted by Crippen LogP contribution is 2.26. The minimum absolute atomic E-state index is 0.0151. The summed E-state index contributed by atoms with van der Waals surface area (Å²) in [6.45, 7) is 4.14. The molecule has 10 heteroatoms. The van der Waals surface area contributed by atoms with Gasteiger partial charge in [-0.1, -0.05) is 6.07 Å². The quantitative estimate of drug-likeness (QED) is 0.475. The average Bonchev–Trinajstić information content (AvgIpc) is 2.84. The first-order valence-corrected chi connectivity index (χ1v) is 13.1. The number of sulfonamides is 1. The number of hydrogen-bond donors (Lipinski definition) is 1. The van der Waals surface area contributed by atoms with Crippen LogP contribution in [0.25, 0.3) is 0 Å². The van der Waals surface area contributed by atoms with E-state index in [0.717, 1.165) is 31.2 Å². The van der Waals surface area contributed by atoms with E-state index in [4.69, 9.17) is 0 Å². The van der Waals surface area contributed by atoms with Gasteiger partial charge in [-0.05, 0) is 67.5 Å². The van der Waals surface area contributed by atoms with Crippen molar-refractivity contribution in [1.82, 2.24) is 9.21 Å². The molecule has 34 heavy (non-hydrogen) atoms. The number of hydrogen-bond acceptors (Lipinski definition) is 6. The molecule has 0 atom stereocenters. The largest absolute Gasteiger partial charge is 0.326 e. The number of non-ortho nitro benzene ring substituents is 1. The number of nitro groups is 1. The van der Waals surface area contributed by atoms with Gasteiger partial charge in [0.1, 0.15) is 0 Å². The van der Waals surface area contributed by atoms with Crippen molar-refractivity contribution < 1.29 is 18.1 Å². The van der Waals surface area contributed by atoms with Crippen LogP contribution in [0, 0.1) is 17.0 Å². The van der Waals surface area contributed by atoms with Gasteiger partial charge in [0.2, 0.25) is 15.9 Å². The molecule has 4 rings (SSSR count). The van der Waals surface area contributed by atoms with Gasteiger partial charge >= 0.3 is 0 Å². The van der Waals surface area contributed by atoms with Crippen molar-refractivity contribution >= 4 is 27.3 Å². The van der Waals surface area contributed by atoms with Crippen molar-refractivity contribution in [3.05, 3.63) is 63.2 Å². The highest BCUT2D eigenvalue weighted by molar-refractivity contribution is 7.89. The minimum Gasteiger partial charge on any atom is -0.326 e. The summed E-state index contributed by atoms with van der Waals surface area (Å²) in [6.07, 6.45) is 4.48. The lowest BCUT2D eigenvalue weighted by molar-refractivity contribution is -0.384.